The summed E-state index contributed by atoms with van der Waals surface area (Å²) < 4.78 is 0. The predicted molar refractivity (Wildman–Crippen MR) is 34.3 cm³/mol. The van der Waals surface area contributed by atoms with E-state index < -0.39 is 0 Å². The monoisotopic (exact) mass is 109 g/mol. The normalized spacial score (nSPS) is 8.00. The maximum atomic E-state index is 8.10. The van der Waals surface area contributed by atoms with Crippen molar-refractivity contribution in [3.63, 3.8) is 0 Å². The molecule has 0 saturated heterocycles. The fourth-order valence-corrected chi connectivity index (χ4v) is 0.469. The Morgan fingerprint density at radius 3 is 2.75 bits per heavy atom. The van der Waals surface area contributed by atoms with E-state index in [1.165, 1.54) is 5.57 Å². The molecule has 0 aliphatic carbocycles. The maximum absolute atomic E-state index is 8.10. The number of unbranched alkanes of at least 4 members (excludes halogenated alkanes) is 1. The van der Waals surface area contributed by atoms with Crippen molar-refractivity contribution in [3.05, 3.63) is 12.2 Å². The van der Waals surface area contributed by atoms with E-state index in [2.05, 4.69) is 12.6 Å². The van der Waals surface area contributed by atoms with Crippen LogP contribution in [-0.2, 0) is 0 Å². The van der Waals surface area contributed by atoms with E-state index in [0.29, 0.717) is 6.42 Å². The lowest BCUT2D eigenvalue weighted by Crippen LogP contribution is -1.73. The molecule has 0 rings (SSSR count). The number of nitrogens with zero attached hydrogens (tertiary/aromatic N) is 1. The molecule has 0 aromatic rings. The average Bonchev–Trinajstić information content (AvgIpc) is 1.66. The van der Waals surface area contributed by atoms with Crippen LogP contribution in [0, 0.1) is 11.3 Å². The van der Waals surface area contributed by atoms with Crippen LogP contribution in [0.5, 0.6) is 0 Å². The Morgan fingerprint density at radius 2 is 2.38 bits per heavy atom. The molecule has 1 heteroatoms. The first-order valence-electron chi connectivity index (χ1n) is 2.78. The van der Waals surface area contributed by atoms with Gasteiger partial charge in [-0.05, 0) is 19.8 Å². The zero-order valence-electron chi connectivity index (χ0n) is 5.28. The van der Waals surface area contributed by atoms with Crippen LogP contribution in [0.4, 0.5) is 0 Å². The second-order valence-corrected chi connectivity index (χ2v) is 1.97. The molecule has 44 valence electrons. The van der Waals surface area contributed by atoms with Gasteiger partial charge in [-0.2, -0.15) is 5.26 Å². The number of rotatable bonds is 3. The van der Waals surface area contributed by atoms with Gasteiger partial charge in [0.05, 0.1) is 6.07 Å². The lowest BCUT2D eigenvalue weighted by molar-refractivity contribution is 0.842. The summed E-state index contributed by atoms with van der Waals surface area (Å²) in [6.45, 7) is 5.70. The second-order valence-electron chi connectivity index (χ2n) is 1.97. The molecule has 0 saturated carbocycles. The van der Waals surface area contributed by atoms with Gasteiger partial charge in [-0.25, -0.2) is 0 Å². The SMILES string of the molecule is C=C(C)CCCC#N. The topological polar surface area (TPSA) is 23.8 Å². The summed E-state index contributed by atoms with van der Waals surface area (Å²) in [6.07, 6.45) is 2.62. The lowest BCUT2D eigenvalue weighted by atomic mass is 10.1. The second kappa shape index (κ2) is 4.39. The minimum atomic E-state index is 0.660. The Labute approximate surface area is 50.6 Å². The fraction of sp³-hybridized carbons (Fsp3) is 0.571. The van der Waals surface area contributed by atoms with E-state index in [4.69, 9.17) is 5.26 Å². The molecule has 0 fully saturated rings. The van der Waals surface area contributed by atoms with Gasteiger partial charge < -0.3 is 0 Å². The first-order chi connectivity index (χ1) is 3.77. The third-order valence-electron chi connectivity index (χ3n) is 0.892. The largest absolute Gasteiger partial charge is 0.198 e. The van der Waals surface area contributed by atoms with Crippen molar-refractivity contribution in [2.75, 3.05) is 0 Å². The van der Waals surface area contributed by atoms with E-state index in [9.17, 15) is 0 Å². The van der Waals surface area contributed by atoms with Gasteiger partial charge in [0.1, 0.15) is 0 Å². The van der Waals surface area contributed by atoms with E-state index in [1.54, 1.807) is 0 Å². The van der Waals surface area contributed by atoms with Crippen molar-refractivity contribution in [2.45, 2.75) is 26.2 Å². The van der Waals surface area contributed by atoms with Gasteiger partial charge in [0.15, 0.2) is 0 Å². The zero-order chi connectivity index (χ0) is 6.41. The molecule has 0 amide bonds. The first kappa shape index (κ1) is 7.23. The zero-order valence-corrected chi connectivity index (χ0v) is 5.28. The maximum Gasteiger partial charge on any atom is 0.0621 e. The fourth-order valence-electron chi connectivity index (χ4n) is 0.469. The Morgan fingerprint density at radius 1 is 1.75 bits per heavy atom. The molecule has 1 nitrogen and oxygen atoms in total. The molecule has 0 N–H and O–H groups in total. The molecule has 0 aromatic carbocycles. The number of hydrogen-bond donors (Lipinski definition) is 0. The van der Waals surface area contributed by atoms with Crippen LogP contribution in [0.25, 0.3) is 0 Å². The van der Waals surface area contributed by atoms with Crippen LogP contribution in [0.2, 0.25) is 0 Å². The number of hydrogen-bond acceptors (Lipinski definition) is 1. The summed E-state index contributed by atoms with van der Waals surface area (Å²) in [4.78, 5) is 0. The average molecular weight is 109 g/mol. The highest BCUT2D eigenvalue weighted by Crippen LogP contribution is 2.01. The highest BCUT2D eigenvalue weighted by molar-refractivity contribution is 4.88. The summed E-state index contributed by atoms with van der Waals surface area (Å²) in [5.74, 6) is 0. The standard InChI is InChI=1S/C7H11N/c1-7(2)5-3-4-6-8/h1,3-5H2,2H3. The molecule has 0 atom stereocenters. The number of allylic oxidation sites excluding steroid dienone is 1. The molecule has 0 unspecified atom stereocenters. The van der Waals surface area contributed by atoms with Gasteiger partial charge in [-0.1, -0.05) is 5.57 Å². The van der Waals surface area contributed by atoms with Crippen LogP contribution in [-0.4, -0.2) is 0 Å². The Kier molecular flexibility index (Phi) is 3.97. The van der Waals surface area contributed by atoms with Crippen LogP contribution >= 0.6 is 0 Å². The van der Waals surface area contributed by atoms with Crippen molar-refractivity contribution in [2.24, 2.45) is 0 Å². The number of nitriles is 1. The minimum Gasteiger partial charge on any atom is -0.198 e. The molecule has 8 heavy (non-hydrogen) atoms. The molecule has 0 aliphatic rings. The highest BCUT2D eigenvalue weighted by atomic mass is 14.2. The van der Waals surface area contributed by atoms with Gasteiger partial charge >= 0.3 is 0 Å². The van der Waals surface area contributed by atoms with E-state index in [-0.39, 0.29) is 0 Å². The van der Waals surface area contributed by atoms with Crippen LogP contribution in [0.3, 0.4) is 0 Å². The Balaban J connectivity index is 2.97. The quantitative estimate of drug-likeness (QED) is 0.403. The van der Waals surface area contributed by atoms with Crippen molar-refractivity contribution in [3.8, 4) is 6.07 Å². The van der Waals surface area contributed by atoms with Gasteiger partial charge in [0.2, 0.25) is 0 Å². The Hall–Kier alpha value is -0.770. The molecular weight excluding hydrogens is 98.1 g/mol. The predicted octanol–water partition coefficient (Wildman–Crippen LogP) is 2.26. The minimum absolute atomic E-state index is 0.660. The molecule has 0 aliphatic heterocycles. The lowest BCUT2D eigenvalue weighted by Gasteiger charge is -1.90. The molecule has 0 bridgehead atoms. The molecule has 0 heterocycles. The van der Waals surface area contributed by atoms with Crippen molar-refractivity contribution >= 4 is 0 Å². The smallest absolute Gasteiger partial charge is 0.0621 e. The van der Waals surface area contributed by atoms with Crippen molar-refractivity contribution in [1.29, 1.82) is 5.26 Å². The van der Waals surface area contributed by atoms with E-state index >= 15 is 0 Å². The summed E-state index contributed by atoms with van der Waals surface area (Å²) in [5.41, 5.74) is 1.17. The van der Waals surface area contributed by atoms with E-state index in [1.807, 2.05) is 6.92 Å². The third kappa shape index (κ3) is 5.23. The van der Waals surface area contributed by atoms with Gasteiger partial charge in [0.25, 0.3) is 0 Å². The van der Waals surface area contributed by atoms with Crippen LogP contribution < -0.4 is 0 Å². The van der Waals surface area contributed by atoms with E-state index in [0.717, 1.165) is 12.8 Å². The van der Waals surface area contributed by atoms with Crippen LogP contribution in [0.1, 0.15) is 26.2 Å². The summed E-state index contributed by atoms with van der Waals surface area (Å²) >= 11 is 0. The third-order valence-corrected chi connectivity index (χ3v) is 0.892. The summed E-state index contributed by atoms with van der Waals surface area (Å²) in [5, 5.41) is 8.10. The van der Waals surface area contributed by atoms with Crippen LogP contribution in [0.15, 0.2) is 12.2 Å². The van der Waals surface area contributed by atoms with Gasteiger partial charge in [0, 0.05) is 6.42 Å². The highest BCUT2D eigenvalue weighted by Gasteiger charge is 1.84. The molecular formula is C7H11N. The first-order valence-corrected chi connectivity index (χ1v) is 2.78. The molecule has 0 aromatic heterocycles. The molecule has 0 radical (unpaired) electrons. The van der Waals surface area contributed by atoms with Crippen molar-refractivity contribution < 1.29 is 0 Å². The molecule has 0 spiro atoms. The van der Waals surface area contributed by atoms with Crippen molar-refractivity contribution in [1.82, 2.24) is 0 Å². The summed E-state index contributed by atoms with van der Waals surface area (Å²) in [6, 6.07) is 2.08. The van der Waals surface area contributed by atoms with Gasteiger partial charge in [-0.3, -0.25) is 0 Å². The Bertz CT molecular complexity index is 108. The summed E-state index contributed by atoms with van der Waals surface area (Å²) in [7, 11) is 0. The van der Waals surface area contributed by atoms with Gasteiger partial charge in [-0.15, -0.1) is 6.58 Å².